The molecule has 1 aliphatic heterocycles. The molecule has 2 rings (SSSR count). The van der Waals surface area contributed by atoms with Crippen molar-refractivity contribution in [3.8, 4) is 0 Å². The molecule has 0 bridgehead atoms. The fourth-order valence-electron chi connectivity index (χ4n) is 4.41. The van der Waals surface area contributed by atoms with Crippen LogP contribution in [0.3, 0.4) is 0 Å². The molecule has 11 heteroatoms. The molecule has 1 heterocycles. The van der Waals surface area contributed by atoms with Crippen LogP contribution in [0.1, 0.15) is 45.4 Å². The molecule has 0 radical (unpaired) electrons. The van der Waals surface area contributed by atoms with Gasteiger partial charge in [-0.1, -0.05) is 6.42 Å². The van der Waals surface area contributed by atoms with E-state index in [0.29, 0.717) is 30.0 Å². The molecule has 1 saturated carbocycles. The van der Waals surface area contributed by atoms with Gasteiger partial charge in [-0.2, -0.15) is 5.10 Å². The van der Waals surface area contributed by atoms with Gasteiger partial charge in [0, 0.05) is 18.6 Å². The SMILES string of the molecule is CCOC(=O)/C=C/C(=O)NCCOC(=O)C1CC2CC(CC/C(N)=N/NN)CCC2CN1. The standard InChI is InChI=1S/C21H36N6O5/c1-2-31-20(29)8-7-19(28)24-9-10-32-21(30)17-12-16-11-14(3-5-15(16)13-25-17)4-6-18(22)26-27-23/h7-8,14-17,25,27H,2-6,9-13,23H2,1H3,(H2,22,26)(H,24,28)/b8-7+. The van der Waals surface area contributed by atoms with Gasteiger partial charge in [-0.3, -0.25) is 9.59 Å². The zero-order valence-electron chi connectivity index (χ0n) is 18.7. The first-order valence-electron chi connectivity index (χ1n) is 11.2. The van der Waals surface area contributed by atoms with Crippen LogP contribution in [0.25, 0.3) is 0 Å². The minimum Gasteiger partial charge on any atom is -0.463 e. The highest BCUT2D eigenvalue weighted by Crippen LogP contribution is 2.40. The predicted octanol–water partition coefficient (Wildman–Crippen LogP) is -0.325. The first-order chi connectivity index (χ1) is 15.4. The van der Waals surface area contributed by atoms with Gasteiger partial charge in [0.05, 0.1) is 13.2 Å². The number of carbonyl (C=O) groups excluding carboxylic acids is 3. The maximum Gasteiger partial charge on any atom is 0.330 e. The molecule has 180 valence electrons. The molecule has 32 heavy (non-hydrogen) atoms. The molecular formula is C21H36N6O5. The molecule has 0 aromatic rings. The summed E-state index contributed by atoms with van der Waals surface area (Å²) in [7, 11) is 0. The van der Waals surface area contributed by atoms with E-state index in [-0.39, 0.29) is 31.8 Å². The van der Waals surface area contributed by atoms with Crippen LogP contribution in [0.5, 0.6) is 0 Å². The minimum atomic E-state index is -0.579. The van der Waals surface area contributed by atoms with Crippen molar-refractivity contribution in [2.45, 2.75) is 51.5 Å². The lowest BCUT2D eigenvalue weighted by Crippen LogP contribution is -2.50. The smallest absolute Gasteiger partial charge is 0.330 e. The Labute approximate surface area is 188 Å². The van der Waals surface area contributed by atoms with Crippen LogP contribution in [0.2, 0.25) is 0 Å². The van der Waals surface area contributed by atoms with Gasteiger partial charge in [0.2, 0.25) is 5.91 Å². The summed E-state index contributed by atoms with van der Waals surface area (Å²) in [6.45, 7) is 2.98. The van der Waals surface area contributed by atoms with Crippen molar-refractivity contribution in [2.75, 3.05) is 26.3 Å². The number of nitrogens with zero attached hydrogens (tertiary/aromatic N) is 1. The van der Waals surface area contributed by atoms with Crippen LogP contribution in [-0.2, 0) is 23.9 Å². The second kappa shape index (κ2) is 13.7. The quantitative estimate of drug-likeness (QED) is 0.0536. The van der Waals surface area contributed by atoms with Gasteiger partial charge in [0.1, 0.15) is 18.5 Å². The van der Waals surface area contributed by atoms with Gasteiger partial charge in [0.15, 0.2) is 0 Å². The molecule has 0 spiro atoms. The third-order valence-corrected chi connectivity index (χ3v) is 6.02. The molecule has 4 unspecified atom stereocenters. The highest BCUT2D eigenvalue weighted by atomic mass is 16.5. The van der Waals surface area contributed by atoms with Crippen LogP contribution in [0.15, 0.2) is 17.3 Å². The van der Waals surface area contributed by atoms with Gasteiger partial charge in [-0.15, -0.1) is 0 Å². The van der Waals surface area contributed by atoms with E-state index in [1.165, 1.54) is 0 Å². The van der Waals surface area contributed by atoms with Gasteiger partial charge in [-0.05, 0) is 56.9 Å². The normalized spacial score (nSPS) is 25.6. The van der Waals surface area contributed by atoms with Gasteiger partial charge < -0.3 is 25.8 Å². The molecule has 2 aliphatic rings. The van der Waals surface area contributed by atoms with Crippen LogP contribution in [0.4, 0.5) is 0 Å². The number of piperidine rings is 1. The Morgan fingerprint density at radius 3 is 2.72 bits per heavy atom. The van der Waals surface area contributed by atoms with E-state index in [9.17, 15) is 14.4 Å². The topological polar surface area (TPSA) is 170 Å². The molecule has 1 saturated heterocycles. The number of hydrazine groups is 1. The van der Waals surface area contributed by atoms with Crippen molar-refractivity contribution in [3.63, 3.8) is 0 Å². The average molecular weight is 453 g/mol. The number of hydrogen-bond donors (Lipinski definition) is 5. The average Bonchev–Trinajstić information content (AvgIpc) is 2.79. The fraction of sp³-hybridized carbons (Fsp3) is 0.714. The van der Waals surface area contributed by atoms with Crippen molar-refractivity contribution in [1.29, 1.82) is 0 Å². The molecule has 0 aromatic heterocycles. The number of ether oxygens (including phenoxy) is 2. The minimum absolute atomic E-state index is 0.0700. The summed E-state index contributed by atoms with van der Waals surface area (Å²) in [6.07, 6.45) is 7.94. The van der Waals surface area contributed by atoms with Crippen LogP contribution in [-0.4, -0.2) is 56.0 Å². The maximum atomic E-state index is 12.4. The van der Waals surface area contributed by atoms with E-state index in [2.05, 4.69) is 21.3 Å². The number of rotatable bonds is 11. The van der Waals surface area contributed by atoms with E-state index in [1.807, 2.05) is 0 Å². The number of hydrazone groups is 1. The molecule has 0 aromatic carbocycles. The lowest BCUT2D eigenvalue weighted by molar-refractivity contribution is -0.148. The first kappa shape index (κ1) is 25.6. The molecular weight excluding hydrogens is 416 g/mol. The number of carbonyl (C=O) groups is 3. The summed E-state index contributed by atoms with van der Waals surface area (Å²) < 4.78 is 10.0. The molecule has 11 nitrogen and oxygen atoms in total. The lowest BCUT2D eigenvalue weighted by Gasteiger charge is -2.42. The van der Waals surface area contributed by atoms with Gasteiger partial charge in [-0.25, -0.2) is 16.2 Å². The molecule has 7 N–H and O–H groups in total. The van der Waals surface area contributed by atoms with Gasteiger partial charge >= 0.3 is 11.9 Å². The zero-order chi connectivity index (χ0) is 23.3. The van der Waals surface area contributed by atoms with E-state index in [0.717, 1.165) is 50.8 Å². The summed E-state index contributed by atoms with van der Waals surface area (Å²) in [5, 5.41) is 9.66. The number of amidine groups is 1. The summed E-state index contributed by atoms with van der Waals surface area (Å²) >= 11 is 0. The van der Waals surface area contributed by atoms with Gasteiger partial charge in [0.25, 0.3) is 0 Å². The largest absolute Gasteiger partial charge is 0.463 e. The summed E-state index contributed by atoms with van der Waals surface area (Å²) in [4.78, 5) is 35.3. The Balaban J connectivity index is 1.68. The number of nitrogens with two attached hydrogens (primary N) is 2. The highest BCUT2D eigenvalue weighted by molar-refractivity contribution is 5.94. The monoisotopic (exact) mass is 452 g/mol. The van der Waals surface area contributed by atoms with Crippen molar-refractivity contribution >= 4 is 23.7 Å². The number of amides is 1. The maximum absolute atomic E-state index is 12.4. The second-order valence-electron chi connectivity index (χ2n) is 8.21. The Morgan fingerprint density at radius 1 is 1.16 bits per heavy atom. The summed E-state index contributed by atoms with van der Waals surface area (Å²) in [6, 6.07) is -0.331. The molecule has 4 atom stereocenters. The fourth-order valence-corrected chi connectivity index (χ4v) is 4.41. The van der Waals surface area contributed by atoms with E-state index in [4.69, 9.17) is 21.1 Å². The third-order valence-electron chi connectivity index (χ3n) is 6.02. The van der Waals surface area contributed by atoms with E-state index in [1.54, 1.807) is 6.92 Å². The van der Waals surface area contributed by atoms with Crippen molar-refractivity contribution in [3.05, 3.63) is 12.2 Å². The Hall–Kier alpha value is -2.66. The van der Waals surface area contributed by atoms with E-state index >= 15 is 0 Å². The Kier molecular flexibility index (Phi) is 10.9. The summed E-state index contributed by atoms with van der Waals surface area (Å²) in [5.74, 6) is 5.95. The lowest BCUT2D eigenvalue weighted by atomic mass is 9.69. The Bertz CT molecular complexity index is 698. The van der Waals surface area contributed by atoms with Crippen LogP contribution in [0, 0.1) is 17.8 Å². The second-order valence-corrected chi connectivity index (χ2v) is 8.21. The first-order valence-corrected chi connectivity index (χ1v) is 11.2. The molecule has 2 fully saturated rings. The number of esters is 2. The number of nitrogens with one attached hydrogen (secondary N) is 3. The summed E-state index contributed by atoms with van der Waals surface area (Å²) in [5.41, 5.74) is 8.02. The van der Waals surface area contributed by atoms with Crippen molar-refractivity contribution < 1.29 is 23.9 Å². The van der Waals surface area contributed by atoms with Crippen LogP contribution >= 0.6 is 0 Å². The van der Waals surface area contributed by atoms with Crippen molar-refractivity contribution in [1.82, 2.24) is 16.2 Å². The molecule has 1 amide bonds. The number of fused-ring (bicyclic) bond motifs is 1. The number of hydrogen-bond acceptors (Lipinski definition) is 9. The predicted molar refractivity (Wildman–Crippen MR) is 119 cm³/mol. The zero-order valence-corrected chi connectivity index (χ0v) is 18.7. The third kappa shape index (κ3) is 8.83. The molecule has 1 aliphatic carbocycles. The highest BCUT2D eigenvalue weighted by Gasteiger charge is 2.38. The van der Waals surface area contributed by atoms with E-state index < -0.39 is 11.9 Å². The van der Waals surface area contributed by atoms with Crippen LogP contribution < -0.4 is 27.7 Å². The van der Waals surface area contributed by atoms with Crippen molar-refractivity contribution in [2.24, 2.45) is 34.4 Å². The Morgan fingerprint density at radius 2 is 1.97 bits per heavy atom.